The van der Waals surface area contributed by atoms with Crippen molar-refractivity contribution in [2.75, 3.05) is 0 Å². The molecule has 0 aliphatic heterocycles. The summed E-state index contributed by atoms with van der Waals surface area (Å²) in [5.41, 5.74) is 0.349. The van der Waals surface area contributed by atoms with Gasteiger partial charge in [-0.3, -0.25) is 4.79 Å². The van der Waals surface area contributed by atoms with Gasteiger partial charge in [-0.05, 0) is 36.4 Å². The molecule has 0 saturated heterocycles. The number of hydrogen-bond donors (Lipinski definition) is 0. The zero-order valence-electron chi connectivity index (χ0n) is 8.69. The first-order valence-electron chi connectivity index (χ1n) is 4.88. The molecule has 2 aromatic rings. The number of hydrogen-bond acceptors (Lipinski definition) is 2. The van der Waals surface area contributed by atoms with Gasteiger partial charge in [-0.1, -0.05) is 17.7 Å². The van der Waals surface area contributed by atoms with Gasteiger partial charge in [0.1, 0.15) is 11.6 Å². The molecule has 2 nitrogen and oxygen atoms in total. The Labute approximate surface area is 103 Å². The summed E-state index contributed by atoms with van der Waals surface area (Å²) in [5, 5.41) is 0.332. The van der Waals surface area contributed by atoms with Crippen molar-refractivity contribution in [1.82, 2.24) is 0 Å². The van der Waals surface area contributed by atoms with Crippen molar-refractivity contribution in [3.63, 3.8) is 0 Å². The molecule has 0 fully saturated rings. The molecule has 0 radical (unpaired) electrons. The van der Waals surface area contributed by atoms with Gasteiger partial charge in [-0.15, -0.1) is 0 Å². The number of ether oxygens (including phenoxy) is 1. The van der Waals surface area contributed by atoms with Crippen molar-refractivity contribution in [2.24, 2.45) is 0 Å². The minimum Gasteiger partial charge on any atom is -0.455 e. The van der Waals surface area contributed by atoms with E-state index in [2.05, 4.69) is 0 Å². The first-order valence-corrected chi connectivity index (χ1v) is 5.25. The maximum absolute atomic E-state index is 12.7. The summed E-state index contributed by atoms with van der Waals surface area (Å²) in [6, 6.07) is 10.3. The van der Waals surface area contributed by atoms with Crippen molar-refractivity contribution >= 4 is 17.9 Å². The Balaban J connectivity index is 2.35. The summed E-state index contributed by atoms with van der Waals surface area (Å²) in [4.78, 5) is 10.8. The van der Waals surface area contributed by atoms with Crippen molar-refractivity contribution in [3.8, 4) is 11.5 Å². The molecular weight excluding hydrogens is 243 g/mol. The molecule has 2 aromatic carbocycles. The maximum Gasteiger partial charge on any atom is 0.156 e. The molecule has 0 N–H and O–H groups in total. The van der Waals surface area contributed by atoms with E-state index >= 15 is 0 Å². The summed E-state index contributed by atoms with van der Waals surface area (Å²) in [6.45, 7) is 0. The molecule has 0 spiro atoms. The van der Waals surface area contributed by atoms with Gasteiger partial charge in [0, 0.05) is 0 Å². The van der Waals surface area contributed by atoms with Gasteiger partial charge < -0.3 is 4.74 Å². The van der Waals surface area contributed by atoms with Gasteiger partial charge in [0.2, 0.25) is 0 Å². The molecule has 4 heteroatoms. The van der Waals surface area contributed by atoms with Crippen molar-refractivity contribution < 1.29 is 13.9 Å². The first kappa shape index (κ1) is 11.6. The van der Waals surface area contributed by atoms with E-state index in [9.17, 15) is 9.18 Å². The van der Waals surface area contributed by atoms with E-state index in [0.29, 0.717) is 22.6 Å². The highest BCUT2D eigenvalue weighted by Crippen LogP contribution is 2.31. The Bertz CT molecular complexity index is 538. The van der Waals surface area contributed by atoms with Crippen molar-refractivity contribution in [3.05, 3.63) is 58.9 Å². The molecule has 0 heterocycles. The van der Waals surface area contributed by atoms with Crippen LogP contribution in [0, 0.1) is 5.82 Å². The van der Waals surface area contributed by atoms with Gasteiger partial charge in [0.25, 0.3) is 0 Å². The molecule has 0 aromatic heterocycles. The van der Waals surface area contributed by atoms with E-state index in [-0.39, 0.29) is 11.6 Å². The second kappa shape index (κ2) is 4.97. The Hall–Kier alpha value is -1.87. The maximum atomic E-state index is 12.7. The van der Waals surface area contributed by atoms with Crippen LogP contribution in [0.3, 0.4) is 0 Å². The fourth-order valence-corrected chi connectivity index (χ4v) is 1.57. The minimum absolute atomic E-state index is 0.274. The van der Waals surface area contributed by atoms with Crippen LogP contribution >= 0.6 is 11.6 Å². The van der Waals surface area contributed by atoms with Crippen LogP contribution in [0.4, 0.5) is 4.39 Å². The Morgan fingerprint density at radius 1 is 1.12 bits per heavy atom. The highest BCUT2D eigenvalue weighted by atomic mass is 35.5. The van der Waals surface area contributed by atoms with Crippen LogP contribution in [-0.4, -0.2) is 6.29 Å². The van der Waals surface area contributed by atoms with E-state index in [1.807, 2.05) is 0 Å². The topological polar surface area (TPSA) is 26.3 Å². The van der Waals surface area contributed by atoms with Crippen molar-refractivity contribution in [1.29, 1.82) is 0 Å². The van der Waals surface area contributed by atoms with Crippen molar-refractivity contribution in [2.45, 2.75) is 0 Å². The number of aldehydes is 1. The Morgan fingerprint density at radius 2 is 1.82 bits per heavy atom. The van der Waals surface area contributed by atoms with Crippen LogP contribution in [0.1, 0.15) is 10.4 Å². The lowest BCUT2D eigenvalue weighted by Crippen LogP contribution is -1.91. The Kier molecular flexibility index (Phi) is 3.40. The molecule has 0 amide bonds. The number of carbonyl (C=O) groups is 1. The second-order valence-electron chi connectivity index (χ2n) is 3.33. The van der Waals surface area contributed by atoms with Crippen LogP contribution in [0.2, 0.25) is 5.02 Å². The first-order chi connectivity index (χ1) is 8.20. The average molecular weight is 251 g/mol. The van der Waals surface area contributed by atoms with E-state index in [4.69, 9.17) is 16.3 Å². The molecule has 86 valence electrons. The SMILES string of the molecule is O=Cc1cccc(Cl)c1Oc1ccc(F)cc1. The van der Waals surface area contributed by atoms with Crippen LogP contribution in [0.25, 0.3) is 0 Å². The number of halogens is 2. The van der Waals surface area contributed by atoms with E-state index < -0.39 is 0 Å². The number of carbonyl (C=O) groups excluding carboxylic acids is 1. The second-order valence-corrected chi connectivity index (χ2v) is 3.74. The fourth-order valence-electron chi connectivity index (χ4n) is 1.35. The summed E-state index contributed by atoms with van der Waals surface area (Å²) >= 11 is 5.93. The van der Waals surface area contributed by atoms with Crippen LogP contribution in [-0.2, 0) is 0 Å². The molecule has 2 rings (SSSR count). The minimum atomic E-state index is -0.355. The molecule has 0 aliphatic carbocycles. The van der Waals surface area contributed by atoms with Crippen LogP contribution < -0.4 is 4.74 Å². The average Bonchev–Trinajstić information content (AvgIpc) is 2.34. The molecule has 0 aliphatic rings. The summed E-state index contributed by atoms with van der Waals surface area (Å²) in [5.74, 6) is 0.338. The summed E-state index contributed by atoms with van der Waals surface area (Å²) in [6.07, 6.45) is 0.657. The van der Waals surface area contributed by atoms with Gasteiger partial charge in [-0.25, -0.2) is 4.39 Å². The number of para-hydroxylation sites is 1. The largest absolute Gasteiger partial charge is 0.455 e. The molecule has 0 unspecified atom stereocenters. The lowest BCUT2D eigenvalue weighted by Gasteiger charge is -2.09. The van der Waals surface area contributed by atoms with Crippen LogP contribution in [0.15, 0.2) is 42.5 Å². The van der Waals surface area contributed by atoms with E-state index in [1.165, 1.54) is 24.3 Å². The third kappa shape index (κ3) is 2.63. The standard InChI is InChI=1S/C13H8ClFO2/c14-12-3-1-2-9(8-16)13(12)17-11-6-4-10(15)5-7-11/h1-8H. The Morgan fingerprint density at radius 3 is 2.47 bits per heavy atom. The third-order valence-electron chi connectivity index (χ3n) is 2.16. The zero-order valence-corrected chi connectivity index (χ0v) is 9.45. The highest BCUT2D eigenvalue weighted by Gasteiger charge is 2.08. The smallest absolute Gasteiger partial charge is 0.156 e. The monoisotopic (exact) mass is 250 g/mol. The highest BCUT2D eigenvalue weighted by molar-refractivity contribution is 6.32. The molecule has 17 heavy (non-hydrogen) atoms. The normalized spacial score (nSPS) is 10.0. The molecular formula is C13H8ClFO2. The summed E-state index contributed by atoms with van der Waals surface area (Å²) < 4.78 is 18.2. The molecule has 0 bridgehead atoms. The van der Waals surface area contributed by atoms with Gasteiger partial charge >= 0.3 is 0 Å². The van der Waals surface area contributed by atoms with Gasteiger partial charge in [0.15, 0.2) is 12.0 Å². The van der Waals surface area contributed by atoms with E-state index in [1.54, 1.807) is 18.2 Å². The van der Waals surface area contributed by atoms with Gasteiger partial charge in [-0.2, -0.15) is 0 Å². The molecule has 0 saturated carbocycles. The fraction of sp³-hybridized carbons (Fsp3) is 0. The summed E-state index contributed by atoms with van der Waals surface area (Å²) in [7, 11) is 0. The predicted octanol–water partition coefficient (Wildman–Crippen LogP) is 4.08. The van der Waals surface area contributed by atoms with Crippen LogP contribution in [0.5, 0.6) is 11.5 Å². The lowest BCUT2D eigenvalue weighted by atomic mass is 10.2. The lowest BCUT2D eigenvalue weighted by molar-refractivity contribution is 0.112. The molecule has 0 atom stereocenters. The predicted molar refractivity (Wildman–Crippen MR) is 63.3 cm³/mol. The quantitative estimate of drug-likeness (QED) is 0.767. The number of benzene rings is 2. The zero-order chi connectivity index (χ0) is 12.3. The van der Waals surface area contributed by atoms with E-state index in [0.717, 1.165) is 0 Å². The number of rotatable bonds is 3. The van der Waals surface area contributed by atoms with Gasteiger partial charge in [0.05, 0.1) is 10.6 Å². The third-order valence-corrected chi connectivity index (χ3v) is 2.46.